The molecule has 0 amide bonds. The number of ether oxygens (including phenoxy) is 1. The largest absolute Gasteiger partial charge is 0.507 e. The van der Waals surface area contributed by atoms with Crippen molar-refractivity contribution in [3.63, 3.8) is 0 Å². The van der Waals surface area contributed by atoms with E-state index < -0.39 is 0 Å². The molecule has 6 heterocycles. The van der Waals surface area contributed by atoms with Gasteiger partial charge in [-0.15, -0.1) is 0 Å². The van der Waals surface area contributed by atoms with Crippen LogP contribution < -0.4 is 4.74 Å². The van der Waals surface area contributed by atoms with E-state index in [0.29, 0.717) is 10.0 Å². The van der Waals surface area contributed by atoms with Crippen LogP contribution in [0.15, 0.2) is 110 Å². The molecule has 0 saturated carbocycles. The van der Waals surface area contributed by atoms with Crippen LogP contribution in [0.3, 0.4) is 0 Å². The van der Waals surface area contributed by atoms with Gasteiger partial charge in [0, 0.05) is 78.9 Å². The maximum absolute atomic E-state index is 10.6. The van der Waals surface area contributed by atoms with Crippen LogP contribution in [-0.2, 0) is 0 Å². The fourth-order valence-corrected chi connectivity index (χ4v) is 7.97. The molecule has 0 aliphatic rings. The Kier molecular flexibility index (Phi) is 8.95. The first-order valence-electron chi connectivity index (χ1n) is 18.2. The molecule has 0 saturated heterocycles. The van der Waals surface area contributed by atoms with Crippen molar-refractivity contribution in [2.75, 3.05) is 7.11 Å². The number of pyridine rings is 2. The topological polar surface area (TPSA) is 122 Å². The van der Waals surface area contributed by atoms with Crippen LogP contribution in [0.2, 0.25) is 10.0 Å². The lowest BCUT2D eigenvalue weighted by Gasteiger charge is -2.16. The van der Waals surface area contributed by atoms with Crippen molar-refractivity contribution in [3.8, 4) is 45.1 Å². The van der Waals surface area contributed by atoms with E-state index in [0.717, 1.165) is 106 Å². The number of hydrogen-bond acceptors (Lipinski definition) is 6. The van der Waals surface area contributed by atoms with Crippen molar-refractivity contribution in [1.82, 2.24) is 39.5 Å². The highest BCUT2D eigenvalue weighted by molar-refractivity contribution is 6.31. The Morgan fingerprint density at radius 2 is 1.07 bits per heavy atom. The summed E-state index contributed by atoms with van der Waals surface area (Å²) in [6, 6.07) is 23.6. The molecule has 57 heavy (non-hydrogen) atoms. The summed E-state index contributed by atoms with van der Waals surface area (Å²) < 4.78 is 10.00. The SMILES string of the molecule is COc1cc(-c2cn[nH]c2)cc2c1ccn2-c1c(C)c(C)nc2ccc(Cl)cc12.Cc1nc2ccc(Cl)cc2c(-n2ccc3c(O)cc(-c4cn[nH]c4)cc32)c1C. The maximum Gasteiger partial charge on any atom is 0.128 e. The maximum atomic E-state index is 10.6. The summed E-state index contributed by atoms with van der Waals surface area (Å²) in [5, 5.41) is 29.6. The third kappa shape index (κ3) is 6.23. The summed E-state index contributed by atoms with van der Waals surface area (Å²) in [6.45, 7) is 8.20. The Bertz CT molecular complexity index is 3150. The smallest absolute Gasteiger partial charge is 0.128 e. The number of nitrogens with zero attached hydrogens (tertiary/aromatic N) is 6. The van der Waals surface area contributed by atoms with Gasteiger partial charge in [-0.1, -0.05) is 23.2 Å². The summed E-state index contributed by atoms with van der Waals surface area (Å²) in [5.41, 5.74) is 13.9. The molecule has 6 aromatic heterocycles. The molecular weight excluding hydrogens is 755 g/mol. The third-order valence-corrected chi connectivity index (χ3v) is 11.2. The first-order chi connectivity index (χ1) is 27.6. The predicted octanol–water partition coefficient (Wildman–Crippen LogP) is 11.4. The van der Waals surface area contributed by atoms with Gasteiger partial charge in [-0.25, -0.2) is 0 Å². The molecule has 10 rings (SSSR count). The monoisotopic (exact) mass is 790 g/mol. The number of aromatic nitrogens is 8. The number of aromatic amines is 2. The van der Waals surface area contributed by atoms with Crippen LogP contribution in [0.25, 0.3) is 77.2 Å². The number of hydrogen-bond donors (Lipinski definition) is 3. The molecule has 0 aliphatic carbocycles. The van der Waals surface area contributed by atoms with Gasteiger partial charge in [0.25, 0.3) is 0 Å². The lowest BCUT2D eigenvalue weighted by atomic mass is 10.1. The first-order valence-corrected chi connectivity index (χ1v) is 19.0. The number of nitrogens with one attached hydrogen (secondary N) is 2. The summed E-state index contributed by atoms with van der Waals surface area (Å²) >= 11 is 12.6. The number of phenolic OH excluding ortho intramolecular Hbond substituents is 1. The fourth-order valence-electron chi connectivity index (χ4n) is 7.63. The molecule has 0 fully saturated rings. The lowest BCUT2D eigenvalue weighted by molar-refractivity contribution is 0.420. The highest BCUT2D eigenvalue weighted by Gasteiger charge is 2.19. The van der Waals surface area contributed by atoms with Crippen LogP contribution >= 0.6 is 23.2 Å². The van der Waals surface area contributed by atoms with Crippen molar-refractivity contribution in [1.29, 1.82) is 0 Å². The van der Waals surface area contributed by atoms with Crippen molar-refractivity contribution >= 4 is 66.8 Å². The quantitative estimate of drug-likeness (QED) is 0.160. The Morgan fingerprint density at radius 1 is 0.579 bits per heavy atom. The van der Waals surface area contributed by atoms with E-state index in [1.165, 1.54) is 0 Å². The van der Waals surface area contributed by atoms with Crippen LogP contribution in [0, 0.1) is 27.7 Å². The van der Waals surface area contributed by atoms with E-state index in [4.69, 9.17) is 37.9 Å². The van der Waals surface area contributed by atoms with Crippen LogP contribution in [0.4, 0.5) is 0 Å². The van der Waals surface area contributed by atoms with E-state index in [9.17, 15) is 5.11 Å². The van der Waals surface area contributed by atoms with Gasteiger partial charge in [-0.2, -0.15) is 10.2 Å². The third-order valence-electron chi connectivity index (χ3n) is 10.7. The Balaban J connectivity index is 0.000000148. The highest BCUT2D eigenvalue weighted by Crippen LogP contribution is 2.39. The van der Waals surface area contributed by atoms with Crippen LogP contribution in [0.5, 0.6) is 11.5 Å². The van der Waals surface area contributed by atoms with Gasteiger partial charge < -0.3 is 19.0 Å². The molecule has 10 aromatic rings. The molecule has 4 aromatic carbocycles. The number of aromatic hydroxyl groups is 1. The molecule has 0 unspecified atom stereocenters. The number of fused-ring (bicyclic) bond motifs is 4. The highest BCUT2D eigenvalue weighted by atomic mass is 35.5. The van der Waals surface area contributed by atoms with Gasteiger partial charge in [0.05, 0.1) is 52.9 Å². The molecule has 0 bridgehead atoms. The van der Waals surface area contributed by atoms with Gasteiger partial charge in [0.15, 0.2) is 0 Å². The molecule has 0 spiro atoms. The second kappa shape index (κ2) is 14.1. The zero-order valence-electron chi connectivity index (χ0n) is 31.7. The number of phenols is 1. The number of H-pyrrole nitrogens is 2. The summed E-state index contributed by atoms with van der Waals surface area (Å²) in [4.78, 5) is 9.46. The van der Waals surface area contributed by atoms with Gasteiger partial charge in [0.2, 0.25) is 0 Å². The van der Waals surface area contributed by atoms with Crippen molar-refractivity contribution < 1.29 is 9.84 Å². The molecule has 12 heteroatoms. The van der Waals surface area contributed by atoms with Gasteiger partial charge >= 0.3 is 0 Å². The minimum Gasteiger partial charge on any atom is -0.507 e. The summed E-state index contributed by atoms with van der Waals surface area (Å²) in [6.07, 6.45) is 11.3. The van der Waals surface area contributed by atoms with E-state index in [2.05, 4.69) is 67.8 Å². The number of benzene rings is 4. The predicted molar refractivity (Wildman–Crippen MR) is 230 cm³/mol. The van der Waals surface area contributed by atoms with Crippen LogP contribution in [0.1, 0.15) is 22.5 Å². The minimum atomic E-state index is 0.234. The zero-order chi connectivity index (χ0) is 39.5. The molecule has 3 N–H and O–H groups in total. The molecule has 0 atom stereocenters. The molecule has 10 nitrogen and oxygen atoms in total. The van der Waals surface area contributed by atoms with Gasteiger partial charge in [-0.3, -0.25) is 20.2 Å². The number of aryl methyl sites for hydroxylation is 2. The lowest BCUT2D eigenvalue weighted by Crippen LogP contribution is -2.02. The standard InChI is InChI=1S/C23H19ClN4O.C22H17ClN4O/c1-13-14(2)27-20-5-4-17(24)10-19(20)23(13)28-7-6-18-21(28)8-15(9-22(18)29-3)16-11-25-26-12-16;1-12-13(2)26-19-4-3-16(23)9-18(19)22(12)27-6-5-17-20(27)7-14(8-21(17)28)15-10-24-25-11-15/h4-12H,1-3H3,(H,25,26);3-11,28H,1-2H3,(H,24,25). The second-order valence-electron chi connectivity index (χ2n) is 14.0. The van der Waals surface area contributed by atoms with Crippen molar-refractivity contribution in [3.05, 3.63) is 143 Å². The zero-order valence-corrected chi connectivity index (χ0v) is 33.2. The summed E-state index contributed by atoms with van der Waals surface area (Å²) in [7, 11) is 1.70. The van der Waals surface area contributed by atoms with Crippen molar-refractivity contribution in [2.45, 2.75) is 27.7 Å². The van der Waals surface area contributed by atoms with E-state index in [1.807, 2.05) is 87.2 Å². The molecule has 282 valence electrons. The molecule has 0 radical (unpaired) electrons. The van der Waals surface area contributed by atoms with Crippen molar-refractivity contribution in [2.24, 2.45) is 0 Å². The van der Waals surface area contributed by atoms with Crippen LogP contribution in [-0.4, -0.2) is 51.7 Å². The average Bonchev–Trinajstić information content (AvgIpc) is 4.04. The fraction of sp³-hybridized carbons (Fsp3) is 0.111. The summed E-state index contributed by atoms with van der Waals surface area (Å²) in [5.74, 6) is 1.06. The Hall–Kier alpha value is -6.62. The molecule has 0 aliphatic heterocycles. The number of halogens is 2. The number of rotatable bonds is 5. The Morgan fingerprint density at radius 3 is 1.56 bits per heavy atom. The van der Waals surface area contributed by atoms with E-state index in [1.54, 1.807) is 19.4 Å². The van der Waals surface area contributed by atoms with Gasteiger partial charge in [-0.05, 0) is 123 Å². The normalized spacial score (nSPS) is 11.5. The van der Waals surface area contributed by atoms with Gasteiger partial charge in [0.1, 0.15) is 11.5 Å². The van der Waals surface area contributed by atoms with E-state index >= 15 is 0 Å². The minimum absolute atomic E-state index is 0.234. The Labute approximate surface area is 337 Å². The van der Waals surface area contributed by atoms with E-state index in [-0.39, 0.29) is 5.75 Å². The molecular formula is C45H36Cl2N8O2. The number of methoxy groups -OCH3 is 1. The second-order valence-corrected chi connectivity index (χ2v) is 14.9. The average molecular weight is 792 g/mol. The first kappa shape index (κ1) is 36.0.